The highest BCUT2D eigenvalue weighted by atomic mass is 32.2. The fraction of sp³-hybridized carbons (Fsp3) is 0.212. The summed E-state index contributed by atoms with van der Waals surface area (Å²) in [5.74, 6) is 0.423. The maximum absolute atomic E-state index is 14.1. The van der Waals surface area contributed by atoms with Crippen LogP contribution < -0.4 is 9.04 Å². The molecule has 0 aliphatic carbocycles. The molecule has 6 rings (SSSR count). The van der Waals surface area contributed by atoms with Crippen LogP contribution in [-0.4, -0.2) is 48.8 Å². The molecule has 7 nitrogen and oxygen atoms in total. The second kappa shape index (κ2) is 11.5. The van der Waals surface area contributed by atoms with Crippen molar-refractivity contribution < 1.29 is 41.3 Å². The highest BCUT2D eigenvalue weighted by Gasteiger charge is 2.55. The van der Waals surface area contributed by atoms with Gasteiger partial charge in [-0.25, -0.2) is 8.42 Å². The summed E-state index contributed by atoms with van der Waals surface area (Å²) in [7, 11) is -4.62. The van der Waals surface area contributed by atoms with Crippen LogP contribution in [-0.2, 0) is 21.4 Å². The summed E-state index contributed by atoms with van der Waals surface area (Å²) >= 11 is 0. The number of phenols is 2. The fourth-order valence-electron chi connectivity index (χ4n) is 5.75. The predicted octanol–water partition coefficient (Wildman–Crippen LogP) is 6.53. The van der Waals surface area contributed by atoms with Gasteiger partial charge in [0, 0.05) is 0 Å². The number of aromatic hydroxyl groups is 2. The molecule has 2 heterocycles. The molecular formula is C33H28F3NO6S. The maximum atomic E-state index is 14.1. The Morgan fingerprint density at radius 3 is 1.93 bits per heavy atom. The summed E-state index contributed by atoms with van der Waals surface area (Å²) in [4.78, 5) is 0. The zero-order chi connectivity index (χ0) is 31.1. The number of nitrogens with zero attached hydrogens (tertiary/aromatic N) is 1. The molecule has 228 valence electrons. The summed E-state index contributed by atoms with van der Waals surface area (Å²) in [5.41, 5.74) is 3.21. The van der Waals surface area contributed by atoms with Gasteiger partial charge in [0.15, 0.2) is 0 Å². The molecule has 0 spiro atoms. The van der Waals surface area contributed by atoms with E-state index >= 15 is 0 Å². The average molecular weight is 624 g/mol. The second-order valence-electron chi connectivity index (χ2n) is 10.7. The summed E-state index contributed by atoms with van der Waals surface area (Å²) in [5, 5.41) is 18.3. The summed E-state index contributed by atoms with van der Waals surface area (Å²) < 4.78 is 82.2. The summed E-state index contributed by atoms with van der Waals surface area (Å²) in [6.45, 7) is -1.47. The Kier molecular flexibility index (Phi) is 7.77. The van der Waals surface area contributed by atoms with Gasteiger partial charge < -0.3 is 19.7 Å². The number of fused-ring (bicyclic) bond motifs is 2. The Morgan fingerprint density at radius 1 is 0.795 bits per heavy atom. The lowest BCUT2D eigenvalue weighted by molar-refractivity contribution is -0.117. The predicted molar refractivity (Wildman–Crippen MR) is 160 cm³/mol. The van der Waals surface area contributed by atoms with Crippen molar-refractivity contribution in [1.82, 2.24) is 0 Å². The van der Waals surface area contributed by atoms with Gasteiger partial charge in [-0.15, -0.1) is 0 Å². The molecule has 0 aromatic heterocycles. The van der Waals surface area contributed by atoms with Crippen LogP contribution in [0.1, 0.15) is 23.1 Å². The number of rotatable bonds is 9. The van der Waals surface area contributed by atoms with E-state index in [9.17, 15) is 31.8 Å². The van der Waals surface area contributed by atoms with E-state index in [-0.39, 0.29) is 30.2 Å². The van der Waals surface area contributed by atoms with E-state index in [1.807, 2.05) is 30.3 Å². The van der Waals surface area contributed by atoms with Crippen molar-refractivity contribution in [3.8, 4) is 17.2 Å². The number of halogens is 3. The Hall–Kier alpha value is -4.48. The highest BCUT2D eigenvalue weighted by molar-refractivity contribution is 7.93. The van der Waals surface area contributed by atoms with Crippen molar-refractivity contribution in [2.75, 3.05) is 10.8 Å². The molecule has 1 saturated heterocycles. The van der Waals surface area contributed by atoms with Crippen molar-refractivity contribution in [3.63, 3.8) is 0 Å². The average Bonchev–Trinajstić information content (AvgIpc) is 3.60. The first-order valence-electron chi connectivity index (χ1n) is 13.8. The molecule has 0 amide bonds. The summed E-state index contributed by atoms with van der Waals surface area (Å²) in [6.07, 6.45) is -6.66. The Bertz CT molecular complexity index is 1760. The molecule has 4 aromatic carbocycles. The third kappa shape index (κ3) is 5.97. The normalized spacial score (nSPS) is 19.8. The molecule has 2 aliphatic rings. The lowest BCUT2D eigenvalue weighted by atomic mass is 9.83. The number of hydrogen-bond acceptors (Lipinski definition) is 6. The van der Waals surface area contributed by atoms with Gasteiger partial charge in [0.25, 0.3) is 0 Å². The number of hydrogen-bond donors (Lipinski definition) is 2. The van der Waals surface area contributed by atoms with Gasteiger partial charge in [0.05, 0.1) is 11.8 Å². The van der Waals surface area contributed by atoms with Gasteiger partial charge in [-0.3, -0.25) is 4.31 Å². The van der Waals surface area contributed by atoms with Gasteiger partial charge in [-0.1, -0.05) is 54.6 Å². The molecule has 2 N–H and O–H groups in total. The van der Waals surface area contributed by atoms with Gasteiger partial charge in [0.2, 0.25) is 10.0 Å². The van der Waals surface area contributed by atoms with Crippen LogP contribution in [0.3, 0.4) is 0 Å². The van der Waals surface area contributed by atoms with Gasteiger partial charge in [0.1, 0.15) is 41.8 Å². The number of ether oxygens (including phenoxy) is 2. The largest absolute Gasteiger partial charge is 0.508 e. The molecule has 2 aliphatic heterocycles. The van der Waals surface area contributed by atoms with E-state index in [2.05, 4.69) is 0 Å². The van der Waals surface area contributed by atoms with E-state index in [1.165, 1.54) is 48.5 Å². The molecule has 44 heavy (non-hydrogen) atoms. The van der Waals surface area contributed by atoms with Gasteiger partial charge in [-0.2, -0.15) is 13.2 Å². The van der Waals surface area contributed by atoms with E-state index < -0.39 is 40.2 Å². The first-order chi connectivity index (χ1) is 21.0. The van der Waals surface area contributed by atoms with E-state index in [4.69, 9.17) is 9.47 Å². The quantitative estimate of drug-likeness (QED) is 0.220. The zero-order valence-corrected chi connectivity index (χ0v) is 24.0. The Morgan fingerprint density at radius 2 is 1.36 bits per heavy atom. The third-order valence-electron chi connectivity index (χ3n) is 7.73. The Labute approximate surface area is 252 Å². The SMILES string of the molecule is O=S(=O)([C@@H]1C[C@@H]2O[C@H]1C(c1ccc(O)cc1)=C2c1ccc(O)cc1)N(CC(F)(F)F)c1ccc(OCc2ccccc2)cc1. The number of benzene rings is 4. The number of anilines is 1. The smallest absolute Gasteiger partial charge is 0.407 e. The van der Waals surface area contributed by atoms with E-state index in [0.717, 1.165) is 5.56 Å². The number of alkyl halides is 3. The lowest BCUT2D eigenvalue weighted by Crippen LogP contribution is -2.47. The third-order valence-corrected chi connectivity index (χ3v) is 9.89. The monoisotopic (exact) mass is 623 g/mol. The molecule has 0 radical (unpaired) electrons. The standard InChI is InChI=1S/C33H28F3NO6S/c34-33(35,36)20-37(24-10-16-27(17-11-24)42-19-21-4-2-1-3-5-21)44(40,41)29-18-28-30(22-6-12-25(38)13-7-22)31(32(29)43-28)23-8-14-26(39)15-9-23/h1-17,28-29,32,38-39H,18-20H2/t28-,29+,32+/m0/s1. The molecule has 4 aromatic rings. The molecule has 0 unspecified atom stereocenters. The number of sulfonamides is 1. The van der Waals surface area contributed by atoms with Crippen LogP contribution in [0.5, 0.6) is 17.2 Å². The lowest BCUT2D eigenvalue weighted by Gasteiger charge is -2.32. The second-order valence-corrected chi connectivity index (χ2v) is 12.8. The minimum Gasteiger partial charge on any atom is -0.508 e. The van der Waals surface area contributed by atoms with Crippen molar-refractivity contribution in [1.29, 1.82) is 0 Å². The van der Waals surface area contributed by atoms with Crippen LogP contribution in [0.2, 0.25) is 0 Å². The van der Waals surface area contributed by atoms with Crippen LogP contribution in [0, 0.1) is 0 Å². The van der Waals surface area contributed by atoms with Crippen LogP contribution in [0.25, 0.3) is 11.1 Å². The van der Waals surface area contributed by atoms with Crippen molar-refractivity contribution in [2.45, 2.75) is 36.7 Å². The summed E-state index contributed by atoms with van der Waals surface area (Å²) in [6, 6.07) is 27.3. The number of phenolic OH excluding ortho intramolecular Hbond substituents is 2. The molecule has 0 saturated carbocycles. The topological polar surface area (TPSA) is 96.3 Å². The molecule has 2 bridgehead atoms. The van der Waals surface area contributed by atoms with Crippen LogP contribution in [0.15, 0.2) is 103 Å². The molecule has 1 fully saturated rings. The van der Waals surface area contributed by atoms with Crippen molar-refractivity contribution in [3.05, 3.63) is 120 Å². The van der Waals surface area contributed by atoms with E-state index in [0.29, 0.717) is 32.3 Å². The van der Waals surface area contributed by atoms with E-state index in [1.54, 1.807) is 24.3 Å². The van der Waals surface area contributed by atoms with Crippen molar-refractivity contribution in [2.24, 2.45) is 0 Å². The molecular weight excluding hydrogens is 595 g/mol. The van der Waals surface area contributed by atoms with Crippen LogP contribution in [0.4, 0.5) is 18.9 Å². The molecule has 11 heteroatoms. The first kappa shape index (κ1) is 29.6. The first-order valence-corrected chi connectivity index (χ1v) is 15.3. The van der Waals surface area contributed by atoms with Crippen LogP contribution >= 0.6 is 0 Å². The zero-order valence-electron chi connectivity index (χ0n) is 23.2. The minimum atomic E-state index is -4.82. The van der Waals surface area contributed by atoms with Gasteiger partial charge >= 0.3 is 6.18 Å². The molecule has 3 atom stereocenters. The van der Waals surface area contributed by atoms with Gasteiger partial charge in [-0.05, 0) is 82.8 Å². The van der Waals surface area contributed by atoms with Crippen molar-refractivity contribution >= 4 is 26.9 Å². The highest BCUT2D eigenvalue weighted by Crippen LogP contribution is 2.51. The minimum absolute atomic E-state index is 0.00123. The Balaban J connectivity index is 1.34. The maximum Gasteiger partial charge on any atom is 0.407 e. The fourth-order valence-corrected chi connectivity index (χ4v) is 7.75.